The van der Waals surface area contributed by atoms with Crippen molar-refractivity contribution >= 4 is 23.9 Å². The summed E-state index contributed by atoms with van der Waals surface area (Å²) in [6.07, 6.45) is -2.56. The van der Waals surface area contributed by atoms with Crippen molar-refractivity contribution in [1.29, 1.82) is 0 Å². The summed E-state index contributed by atoms with van der Waals surface area (Å²) in [5.74, 6) is 1.76. The predicted molar refractivity (Wildman–Crippen MR) is 173 cm³/mol. The Labute approximate surface area is 281 Å². The highest BCUT2D eigenvalue weighted by Gasteiger charge is 2.30. The molecular formula is C33H35ClF3N5O6. The molecule has 0 aliphatic carbocycles. The molecule has 48 heavy (non-hydrogen) atoms. The van der Waals surface area contributed by atoms with Crippen LogP contribution in [0.2, 0.25) is 0 Å². The van der Waals surface area contributed by atoms with Crippen molar-refractivity contribution in [2.45, 2.75) is 38.4 Å². The fraction of sp³-hybridized carbons (Fsp3) is 0.364. The van der Waals surface area contributed by atoms with E-state index in [2.05, 4.69) is 14.8 Å². The zero-order valence-electron chi connectivity index (χ0n) is 26.1. The number of hydrogen-bond donors (Lipinski definition) is 0. The van der Waals surface area contributed by atoms with Gasteiger partial charge in [-0.05, 0) is 53.0 Å². The van der Waals surface area contributed by atoms with Gasteiger partial charge in [0.05, 0.1) is 12.7 Å². The van der Waals surface area contributed by atoms with E-state index >= 15 is 0 Å². The monoisotopic (exact) mass is 689 g/mol. The van der Waals surface area contributed by atoms with Crippen LogP contribution in [-0.2, 0) is 25.9 Å². The van der Waals surface area contributed by atoms with E-state index in [4.69, 9.17) is 18.9 Å². The molecule has 0 bridgehead atoms. The quantitative estimate of drug-likeness (QED) is 0.131. The van der Waals surface area contributed by atoms with Crippen LogP contribution in [-0.4, -0.2) is 65.4 Å². The minimum atomic E-state index is -4.37. The predicted octanol–water partition coefficient (Wildman–Crippen LogP) is 6.37. The molecule has 1 aromatic heterocycles. The number of halogens is 4. The number of imidazole rings is 1. The Balaban J connectivity index is 0.00000451. The molecule has 1 saturated heterocycles. The van der Waals surface area contributed by atoms with Gasteiger partial charge in [-0.25, -0.2) is 0 Å². The number of methoxy groups -OCH3 is 1. The van der Waals surface area contributed by atoms with Gasteiger partial charge in [-0.3, -0.25) is 9.47 Å². The molecule has 0 spiro atoms. The third-order valence-electron chi connectivity index (χ3n) is 8.23. The van der Waals surface area contributed by atoms with Gasteiger partial charge in [0, 0.05) is 68.0 Å². The average Bonchev–Trinajstić information content (AvgIpc) is 3.51. The van der Waals surface area contributed by atoms with Crippen LogP contribution in [0.4, 0.5) is 24.7 Å². The summed E-state index contributed by atoms with van der Waals surface area (Å²) in [6.45, 7) is 5.18. The maximum atomic E-state index is 12.8. The Bertz CT molecular complexity index is 1680. The summed E-state index contributed by atoms with van der Waals surface area (Å²) >= 11 is 0. The van der Waals surface area contributed by atoms with Gasteiger partial charge in [-0.2, -0.15) is 13.2 Å². The first kappa shape index (κ1) is 34.6. The molecule has 2 aliphatic heterocycles. The molecule has 0 radical (unpaired) electrons. The maximum absolute atomic E-state index is 12.8. The van der Waals surface area contributed by atoms with Gasteiger partial charge in [-0.1, -0.05) is 18.2 Å². The summed E-state index contributed by atoms with van der Waals surface area (Å²) < 4.78 is 63.3. The summed E-state index contributed by atoms with van der Waals surface area (Å²) in [5.41, 5.74) is 2.08. The highest BCUT2D eigenvalue weighted by atomic mass is 35.5. The van der Waals surface area contributed by atoms with Crippen molar-refractivity contribution in [2.75, 3.05) is 44.8 Å². The topological polar surface area (TPSA) is 104 Å². The molecule has 11 nitrogen and oxygen atoms in total. The number of rotatable bonds is 11. The lowest BCUT2D eigenvalue weighted by Crippen LogP contribution is -2.46. The van der Waals surface area contributed by atoms with Crippen molar-refractivity contribution in [2.24, 2.45) is 0 Å². The van der Waals surface area contributed by atoms with Crippen molar-refractivity contribution < 1.29 is 37.0 Å². The van der Waals surface area contributed by atoms with E-state index in [0.29, 0.717) is 43.2 Å². The van der Waals surface area contributed by atoms with E-state index < -0.39 is 16.7 Å². The molecule has 0 saturated carbocycles. The van der Waals surface area contributed by atoms with Crippen molar-refractivity contribution in [3.63, 3.8) is 0 Å². The van der Waals surface area contributed by atoms with Crippen molar-refractivity contribution in [3.05, 3.63) is 99.7 Å². The van der Waals surface area contributed by atoms with E-state index in [1.807, 2.05) is 36.4 Å². The number of anilines is 1. The molecule has 6 rings (SSSR count). The minimum absolute atomic E-state index is 0. The number of aromatic nitrogens is 2. The van der Waals surface area contributed by atoms with Crippen LogP contribution in [0.25, 0.3) is 0 Å². The van der Waals surface area contributed by atoms with Gasteiger partial charge in [0.1, 0.15) is 42.8 Å². The Kier molecular flexibility index (Phi) is 10.8. The zero-order valence-corrected chi connectivity index (χ0v) is 26.9. The summed E-state index contributed by atoms with van der Waals surface area (Å²) in [5, 5.41) is 11.0. The lowest BCUT2D eigenvalue weighted by Gasteiger charge is -2.36. The molecule has 0 N–H and O–H groups in total. The molecule has 1 fully saturated rings. The van der Waals surface area contributed by atoms with Crippen LogP contribution in [0.1, 0.15) is 23.1 Å². The largest absolute Gasteiger partial charge is 0.496 e. The van der Waals surface area contributed by atoms with Gasteiger partial charge >= 0.3 is 18.0 Å². The SMILES string of the molecule is COc1cc(OCc2ccc(C(F)(F)F)cc2)ccc1CN1CCN(c2ccc(OC[C@H]3CCn4cc([N+](=O)[O-])nc4O3)cc2)CC1.Cl. The number of fused-ring (bicyclic) bond motifs is 1. The highest BCUT2D eigenvalue weighted by Crippen LogP contribution is 2.31. The maximum Gasteiger partial charge on any atom is 0.416 e. The normalized spacial score (nSPS) is 16.3. The van der Waals surface area contributed by atoms with Gasteiger partial charge in [0.15, 0.2) is 0 Å². The Hall–Kier alpha value is -4.69. The molecule has 3 aromatic carbocycles. The number of hydrogen-bond acceptors (Lipinski definition) is 9. The minimum Gasteiger partial charge on any atom is -0.496 e. The number of piperazine rings is 1. The highest BCUT2D eigenvalue weighted by molar-refractivity contribution is 5.85. The van der Waals surface area contributed by atoms with E-state index in [-0.39, 0.29) is 36.9 Å². The standard InChI is InChI=1S/C33H34F3N5O6.ClH/c1-44-30-18-28(45-21-23-2-5-25(6-3-23)33(34,35)36)9-4-24(30)19-38-14-16-39(17-15-38)26-7-10-27(11-8-26)46-22-29-12-13-40-20-31(41(42)43)37-32(40)47-29;/h2-11,18,20,29H,12-17,19,21-22H2,1H3;1H/t29-;/m1./s1. The molecular weight excluding hydrogens is 655 g/mol. The Morgan fingerprint density at radius 2 is 1.67 bits per heavy atom. The van der Waals surface area contributed by atoms with Crippen molar-refractivity contribution in [3.8, 4) is 23.3 Å². The summed E-state index contributed by atoms with van der Waals surface area (Å²) in [4.78, 5) is 19.0. The fourth-order valence-electron chi connectivity index (χ4n) is 5.59. The van der Waals surface area contributed by atoms with Crippen LogP contribution < -0.4 is 23.8 Å². The van der Waals surface area contributed by atoms with E-state index in [9.17, 15) is 23.3 Å². The van der Waals surface area contributed by atoms with Crippen LogP contribution in [0, 0.1) is 10.1 Å². The second-order valence-electron chi connectivity index (χ2n) is 11.4. The summed E-state index contributed by atoms with van der Waals surface area (Å²) in [7, 11) is 1.61. The van der Waals surface area contributed by atoms with Crippen molar-refractivity contribution in [1.82, 2.24) is 14.5 Å². The van der Waals surface area contributed by atoms with Crippen LogP contribution in [0.5, 0.6) is 23.3 Å². The first-order valence-electron chi connectivity index (χ1n) is 15.2. The lowest BCUT2D eigenvalue weighted by atomic mass is 10.1. The van der Waals surface area contributed by atoms with Gasteiger partial charge in [-0.15, -0.1) is 12.4 Å². The molecule has 1 atom stereocenters. The second kappa shape index (κ2) is 15.0. The Morgan fingerprint density at radius 1 is 0.958 bits per heavy atom. The summed E-state index contributed by atoms with van der Waals surface area (Å²) in [6, 6.07) is 18.7. The smallest absolute Gasteiger partial charge is 0.416 e. The molecule has 15 heteroatoms. The number of nitro groups is 1. The molecule has 2 aliphatic rings. The van der Waals surface area contributed by atoms with E-state index in [1.54, 1.807) is 17.7 Å². The molecule has 0 unspecified atom stereocenters. The van der Waals surface area contributed by atoms with E-state index in [0.717, 1.165) is 55.3 Å². The Morgan fingerprint density at radius 3 is 2.33 bits per heavy atom. The van der Waals surface area contributed by atoms with Crippen LogP contribution in [0.15, 0.2) is 72.9 Å². The van der Waals surface area contributed by atoms with E-state index in [1.165, 1.54) is 18.3 Å². The van der Waals surface area contributed by atoms with Gasteiger partial charge < -0.3 is 34.0 Å². The fourth-order valence-corrected chi connectivity index (χ4v) is 5.59. The number of ether oxygens (including phenoxy) is 4. The number of nitrogens with zero attached hydrogens (tertiary/aromatic N) is 5. The first-order chi connectivity index (χ1) is 22.6. The molecule has 4 aromatic rings. The lowest BCUT2D eigenvalue weighted by molar-refractivity contribution is -0.389. The zero-order chi connectivity index (χ0) is 33.0. The third-order valence-corrected chi connectivity index (χ3v) is 8.23. The van der Waals surface area contributed by atoms with Crippen LogP contribution in [0.3, 0.4) is 0 Å². The van der Waals surface area contributed by atoms with Crippen LogP contribution >= 0.6 is 12.4 Å². The van der Waals surface area contributed by atoms with Gasteiger partial charge in [0.25, 0.3) is 0 Å². The number of benzene rings is 3. The molecule has 256 valence electrons. The van der Waals surface area contributed by atoms with Gasteiger partial charge in [0.2, 0.25) is 0 Å². The second-order valence-corrected chi connectivity index (χ2v) is 11.4. The third kappa shape index (κ3) is 8.42. The molecule has 0 amide bonds. The average molecular weight is 690 g/mol. The first-order valence-corrected chi connectivity index (χ1v) is 15.2. The molecule has 3 heterocycles. The number of aryl methyl sites for hydroxylation is 1. The number of alkyl halides is 3.